The Morgan fingerprint density at radius 3 is 2.88 bits per heavy atom. The second-order valence-electron chi connectivity index (χ2n) is 4.47. The van der Waals surface area contributed by atoms with E-state index >= 15 is 0 Å². The minimum Gasteiger partial charge on any atom is -0.334 e. The maximum atomic E-state index is 4.34. The van der Waals surface area contributed by atoms with Crippen LogP contribution in [-0.4, -0.2) is 41.1 Å². The number of likely N-dealkylation sites (tertiary alicyclic amines) is 1. The standard InChI is InChI=1S/C12H22N4/c1-13-11-12-14-5-10-16(12)9-4-8-15-6-2-3-7-15/h5,10,13H,2-4,6-9,11H2,1H3. The summed E-state index contributed by atoms with van der Waals surface area (Å²) in [5, 5.41) is 3.15. The second-order valence-corrected chi connectivity index (χ2v) is 4.47. The van der Waals surface area contributed by atoms with Gasteiger partial charge in [0.05, 0.1) is 6.54 Å². The molecule has 0 spiro atoms. The van der Waals surface area contributed by atoms with Crippen LogP contribution in [0.1, 0.15) is 25.1 Å². The fourth-order valence-electron chi connectivity index (χ4n) is 2.34. The van der Waals surface area contributed by atoms with Crippen molar-refractivity contribution in [2.75, 3.05) is 26.7 Å². The van der Waals surface area contributed by atoms with E-state index in [2.05, 4.69) is 26.0 Å². The summed E-state index contributed by atoms with van der Waals surface area (Å²) in [5.74, 6) is 1.14. The molecule has 0 radical (unpaired) electrons. The Morgan fingerprint density at radius 2 is 2.12 bits per heavy atom. The van der Waals surface area contributed by atoms with Crippen LogP contribution in [0.25, 0.3) is 0 Å². The maximum Gasteiger partial charge on any atom is 0.122 e. The van der Waals surface area contributed by atoms with Crippen molar-refractivity contribution < 1.29 is 0 Å². The molecule has 1 aromatic heterocycles. The van der Waals surface area contributed by atoms with Gasteiger partial charge in [0.15, 0.2) is 0 Å². The molecule has 1 N–H and O–H groups in total. The highest BCUT2D eigenvalue weighted by Crippen LogP contribution is 2.08. The van der Waals surface area contributed by atoms with Gasteiger partial charge in [-0.1, -0.05) is 0 Å². The van der Waals surface area contributed by atoms with E-state index in [1.165, 1.54) is 38.9 Å². The molecule has 16 heavy (non-hydrogen) atoms. The van der Waals surface area contributed by atoms with Gasteiger partial charge in [-0.25, -0.2) is 4.98 Å². The zero-order chi connectivity index (χ0) is 11.2. The molecule has 4 nitrogen and oxygen atoms in total. The first-order valence-electron chi connectivity index (χ1n) is 6.27. The summed E-state index contributed by atoms with van der Waals surface area (Å²) in [7, 11) is 1.96. The van der Waals surface area contributed by atoms with Crippen LogP contribution < -0.4 is 5.32 Å². The molecular formula is C12H22N4. The van der Waals surface area contributed by atoms with Gasteiger partial charge in [-0.3, -0.25) is 0 Å². The van der Waals surface area contributed by atoms with E-state index in [9.17, 15) is 0 Å². The zero-order valence-corrected chi connectivity index (χ0v) is 10.2. The highest BCUT2D eigenvalue weighted by Gasteiger charge is 2.10. The van der Waals surface area contributed by atoms with Crippen LogP contribution in [0.5, 0.6) is 0 Å². The predicted octanol–water partition coefficient (Wildman–Crippen LogP) is 1.09. The van der Waals surface area contributed by atoms with Gasteiger partial charge < -0.3 is 14.8 Å². The first-order valence-corrected chi connectivity index (χ1v) is 6.27. The molecule has 0 bridgehead atoms. The Morgan fingerprint density at radius 1 is 1.31 bits per heavy atom. The van der Waals surface area contributed by atoms with Crippen molar-refractivity contribution >= 4 is 0 Å². The summed E-state index contributed by atoms with van der Waals surface area (Å²) >= 11 is 0. The molecule has 1 aliphatic heterocycles. The maximum absolute atomic E-state index is 4.34. The van der Waals surface area contributed by atoms with Gasteiger partial charge in [0, 0.05) is 18.9 Å². The van der Waals surface area contributed by atoms with Crippen molar-refractivity contribution in [1.29, 1.82) is 0 Å². The number of hydrogen-bond acceptors (Lipinski definition) is 3. The third-order valence-electron chi connectivity index (χ3n) is 3.21. The van der Waals surface area contributed by atoms with Gasteiger partial charge in [-0.15, -0.1) is 0 Å². The van der Waals surface area contributed by atoms with E-state index in [0.717, 1.165) is 18.9 Å². The second kappa shape index (κ2) is 6.01. The van der Waals surface area contributed by atoms with Crippen LogP contribution in [0.2, 0.25) is 0 Å². The molecule has 0 aromatic carbocycles. The van der Waals surface area contributed by atoms with E-state index in [1.807, 2.05) is 13.2 Å². The summed E-state index contributed by atoms with van der Waals surface area (Å²) < 4.78 is 2.26. The van der Waals surface area contributed by atoms with E-state index in [1.54, 1.807) is 0 Å². The van der Waals surface area contributed by atoms with Crippen LogP contribution in [0.4, 0.5) is 0 Å². The van der Waals surface area contributed by atoms with E-state index in [0.29, 0.717) is 0 Å². The van der Waals surface area contributed by atoms with Crippen LogP contribution in [0, 0.1) is 0 Å². The average molecular weight is 222 g/mol. The molecule has 1 fully saturated rings. The lowest BCUT2D eigenvalue weighted by atomic mass is 10.4. The number of aromatic nitrogens is 2. The van der Waals surface area contributed by atoms with Crippen LogP contribution >= 0.6 is 0 Å². The summed E-state index contributed by atoms with van der Waals surface area (Å²) in [6.07, 6.45) is 7.97. The van der Waals surface area contributed by atoms with Gasteiger partial charge in [0.2, 0.25) is 0 Å². The lowest BCUT2D eigenvalue weighted by Crippen LogP contribution is -2.22. The topological polar surface area (TPSA) is 33.1 Å². The number of rotatable bonds is 6. The Bertz CT molecular complexity index is 302. The monoisotopic (exact) mass is 222 g/mol. The quantitative estimate of drug-likeness (QED) is 0.782. The molecule has 2 heterocycles. The number of aryl methyl sites for hydroxylation is 1. The number of nitrogens with zero attached hydrogens (tertiary/aromatic N) is 3. The largest absolute Gasteiger partial charge is 0.334 e. The Hall–Kier alpha value is -0.870. The number of nitrogens with one attached hydrogen (secondary N) is 1. The molecule has 1 saturated heterocycles. The molecule has 4 heteroatoms. The van der Waals surface area contributed by atoms with Crippen molar-refractivity contribution in [2.45, 2.75) is 32.4 Å². The molecule has 90 valence electrons. The molecular weight excluding hydrogens is 200 g/mol. The van der Waals surface area contributed by atoms with Crippen LogP contribution in [0.3, 0.4) is 0 Å². The van der Waals surface area contributed by atoms with Gasteiger partial charge in [0.1, 0.15) is 5.82 Å². The minimum absolute atomic E-state index is 0.858. The molecule has 1 aromatic rings. The third kappa shape index (κ3) is 3.06. The van der Waals surface area contributed by atoms with E-state index in [-0.39, 0.29) is 0 Å². The Kier molecular flexibility index (Phi) is 4.36. The molecule has 1 aliphatic rings. The first-order chi connectivity index (χ1) is 7.90. The summed E-state index contributed by atoms with van der Waals surface area (Å²) in [6.45, 7) is 5.78. The van der Waals surface area contributed by atoms with Crippen molar-refractivity contribution in [1.82, 2.24) is 19.8 Å². The summed E-state index contributed by atoms with van der Waals surface area (Å²) in [5.41, 5.74) is 0. The highest BCUT2D eigenvalue weighted by molar-refractivity contribution is 4.91. The molecule has 0 saturated carbocycles. The van der Waals surface area contributed by atoms with Crippen molar-refractivity contribution in [2.24, 2.45) is 0 Å². The predicted molar refractivity (Wildman–Crippen MR) is 65.3 cm³/mol. The minimum atomic E-state index is 0.858. The lowest BCUT2D eigenvalue weighted by Gasteiger charge is -2.15. The zero-order valence-electron chi connectivity index (χ0n) is 10.2. The van der Waals surface area contributed by atoms with Crippen molar-refractivity contribution in [3.8, 4) is 0 Å². The average Bonchev–Trinajstić information content (AvgIpc) is 2.91. The number of hydrogen-bond donors (Lipinski definition) is 1. The molecule has 0 unspecified atom stereocenters. The van der Waals surface area contributed by atoms with Gasteiger partial charge >= 0.3 is 0 Å². The lowest BCUT2D eigenvalue weighted by molar-refractivity contribution is 0.324. The fraction of sp³-hybridized carbons (Fsp3) is 0.750. The summed E-state index contributed by atoms with van der Waals surface area (Å²) in [6, 6.07) is 0. The molecule has 0 amide bonds. The SMILES string of the molecule is CNCc1nccn1CCCN1CCCC1. The van der Waals surface area contributed by atoms with E-state index in [4.69, 9.17) is 0 Å². The summed E-state index contributed by atoms with van der Waals surface area (Å²) in [4.78, 5) is 6.91. The fourth-order valence-corrected chi connectivity index (χ4v) is 2.34. The normalized spacial score (nSPS) is 17.1. The molecule has 0 atom stereocenters. The smallest absolute Gasteiger partial charge is 0.122 e. The van der Waals surface area contributed by atoms with E-state index < -0.39 is 0 Å². The Balaban J connectivity index is 1.73. The van der Waals surface area contributed by atoms with Gasteiger partial charge in [-0.2, -0.15) is 0 Å². The van der Waals surface area contributed by atoms with Crippen molar-refractivity contribution in [3.63, 3.8) is 0 Å². The number of imidazole rings is 1. The van der Waals surface area contributed by atoms with Gasteiger partial charge in [0.25, 0.3) is 0 Å². The van der Waals surface area contributed by atoms with Gasteiger partial charge in [-0.05, 0) is 45.9 Å². The first kappa shape index (κ1) is 11.6. The molecule has 2 rings (SSSR count). The highest BCUT2D eigenvalue weighted by atomic mass is 15.1. The van der Waals surface area contributed by atoms with Crippen LogP contribution in [0.15, 0.2) is 12.4 Å². The van der Waals surface area contributed by atoms with Crippen LogP contribution in [-0.2, 0) is 13.1 Å². The third-order valence-corrected chi connectivity index (χ3v) is 3.21. The molecule has 0 aliphatic carbocycles. The Labute approximate surface area is 97.7 Å². The van der Waals surface area contributed by atoms with Crippen molar-refractivity contribution in [3.05, 3.63) is 18.2 Å².